The molecule has 0 unspecified atom stereocenters. The first-order chi connectivity index (χ1) is 10.6. The number of nitrogens with zero attached hydrogens (tertiary/aromatic N) is 1. The van der Waals surface area contributed by atoms with Gasteiger partial charge in [-0.2, -0.15) is 20.1 Å². The van der Waals surface area contributed by atoms with E-state index in [1.165, 1.54) is 29.5 Å². The lowest BCUT2D eigenvalue weighted by Crippen LogP contribution is -2.07. The predicted octanol–water partition coefficient (Wildman–Crippen LogP) is 3.69. The Balaban J connectivity index is 1.88. The highest BCUT2D eigenvalue weighted by molar-refractivity contribution is 7.08. The smallest absolute Gasteiger partial charge is 0.387 e. The summed E-state index contributed by atoms with van der Waals surface area (Å²) in [6, 6.07) is 7.68. The zero-order valence-electron chi connectivity index (χ0n) is 11.0. The average molecular weight is 321 g/mol. The topological polar surface area (TPSA) is 47.9 Å². The van der Waals surface area contributed by atoms with Gasteiger partial charge in [-0.15, -0.1) is 0 Å². The Morgan fingerprint density at radius 1 is 1.32 bits per heavy atom. The number of benzene rings is 1. The summed E-state index contributed by atoms with van der Waals surface area (Å²) in [5, 5.41) is 3.74. The van der Waals surface area contributed by atoms with Crippen LogP contribution in [0.5, 0.6) is 5.75 Å². The zero-order chi connectivity index (χ0) is 15.5. The highest BCUT2D eigenvalue weighted by Gasteiger charge is 2.24. The Labute approximate surface area is 128 Å². The number of rotatable bonds is 4. The first kappa shape index (κ1) is 14.4. The molecule has 0 spiro atoms. The molecule has 0 amide bonds. The van der Waals surface area contributed by atoms with Gasteiger partial charge in [-0.25, -0.2) is 9.79 Å². The van der Waals surface area contributed by atoms with E-state index in [0.29, 0.717) is 5.56 Å². The molecule has 0 bridgehead atoms. The molecule has 22 heavy (non-hydrogen) atoms. The van der Waals surface area contributed by atoms with Gasteiger partial charge in [-0.3, -0.25) is 0 Å². The van der Waals surface area contributed by atoms with E-state index in [9.17, 15) is 13.6 Å². The monoisotopic (exact) mass is 321 g/mol. The number of alkyl halides is 2. The van der Waals surface area contributed by atoms with Gasteiger partial charge in [-0.1, -0.05) is 6.07 Å². The van der Waals surface area contributed by atoms with Crippen molar-refractivity contribution in [2.45, 2.75) is 6.61 Å². The van der Waals surface area contributed by atoms with Crippen LogP contribution >= 0.6 is 11.3 Å². The minimum atomic E-state index is -2.92. The SMILES string of the molecule is O=C1OC(c2cccc(OC(F)F)c2)=NC1=Cc1ccsc1. The Bertz CT molecular complexity index is 754. The molecule has 112 valence electrons. The van der Waals surface area contributed by atoms with E-state index in [2.05, 4.69) is 9.73 Å². The van der Waals surface area contributed by atoms with Crippen LogP contribution in [0.3, 0.4) is 0 Å². The second kappa shape index (κ2) is 6.07. The minimum Gasteiger partial charge on any atom is -0.435 e. The summed E-state index contributed by atoms with van der Waals surface area (Å²) in [5.74, 6) is -0.547. The summed E-state index contributed by atoms with van der Waals surface area (Å²) in [6.45, 7) is -2.92. The Kier molecular flexibility index (Phi) is 3.97. The van der Waals surface area contributed by atoms with Gasteiger partial charge in [0, 0.05) is 5.56 Å². The molecule has 0 atom stereocenters. The second-order valence-electron chi connectivity index (χ2n) is 4.30. The van der Waals surface area contributed by atoms with E-state index in [4.69, 9.17) is 4.74 Å². The van der Waals surface area contributed by atoms with Crippen molar-refractivity contribution in [1.29, 1.82) is 0 Å². The number of carbonyl (C=O) groups is 1. The molecule has 0 radical (unpaired) electrons. The molecule has 1 aliphatic heterocycles. The number of thiophene rings is 1. The third-order valence-electron chi connectivity index (χ3n) is 2.77. The molecule has 4 nitrogen and oxygen atoms in total. The predicted molar refractivity (Wildman–Crippen MR) is 78.0 cm³/mol. The molecule has 7 heteroatoms. The minimum absolute atomic E-state index is 0.0264. The fourth-order valence-electron chi connectivity index (χ4n) is 1.85. The summed E-state index contributed by atoms with van der Waals surface area (Å²) in [6.07, 6.45) is 1.60. The van der Waals surface area contributed by atoms with Crippen LogP contribution in [0.25, 0.3) is 6.08 Å². The lowest BCUT2D eigenvalue weighted by molar-refractivity contribution is -0.129. The van der Waals surface area contributed by atoms with Crippen molar-refractivity contribution >= 4 is 29.3 Å². The number of hydrogen-bond donors (Lipinski definition) is 0. The summed E-state index contributed by atoms with van der Waals surface area (Å²) < 4.78 is 33.8. The van der Waals surface area contributed by atoms with Crippen molar-refractivity contribution in [2.75, 3.05) is 0 Å². The van der Waals surface area contributed by atoms with Gasteiger partial charge in [0.15, 0.2) is 5.70 Å². The van der Waals surface area contributed by atoms with Crippen molar-refractivity contribution < 1.29 is 23.0 Å². The molecule has 0 fully saturated rings. The van der Waals surface area contributed by atoms with E-state index in [0.717, 1.165) is 5.56 Å². The van der Waals surface area contributed by atoms with Crippen molar-refractivity contribution in [3.05, 3.63) is 57.9 Å². The molecular formula is C15H9F2NO3S. The number of halogens is 2. The van der Waals surface area contributed by atoms with Crippen molar-refractivity contribution in [3.63, 3.8) is 0 Å². The van der Waals surface area contributed by atoms with Crippen molar-refractivity contribution in [3.8, 4) is 5.75 Å². The number of aliphatic imine (C=N–C) groups is 1. The Hall–Kier alpha value is -2.54. The van der Waals surface area contributed by atoms with Gasteiger partial charge in [0.25, 0.3) is 0 Å². The molecule has 1 aliphatic rings. The zero-order valence-corrected chi connectivity index (χ0v) is 11.8. The summed E-state index contributed by atoms with van der Waals surface area (Å²) in [7, 11) is 0. The highest BCUT2D eigenvalue weighted by atomic mass is 32.1. The third-order valence-corrected chi connectivity index (χ3v) is 3.47. The van der Waals surface area contributed by atoms with Crippen LogP contribution in [-0.4, -0.2) is 18.5 Å². The fraction of sp³-hybridized carbons (Fsp3) is 0.0667. The lowest BCUT2D eigenvalue weighted by atomic mass is 10.2. The van der Waals surface area contributed by atoms with Crippen LogP contribution in [0.4, 0.5) is 8.78 Å². The third kappa shape index (κ3) is 3.20. The highest BCUT2D eigenvalue weighted by Crippen LogP contribution is 2.23. The van der Waals surface area contributed by atoms with Crippen molar-refractivity contribution in [1.82, 2.24) is 0 Å². The van der Waals surface area contributed by atoms with Crippen LogP contribution in [-0.2, 0) is 9.53 Å². The number of hydrogen-bond acceptors (Lipinski definition) is 5. The number of ether oxygens (including phenoxy) is 2. The van der Waals surface area contributed by atoms with E-state index in [-0.39, 0.29) is 17.3 Å². The van der Waals surface area contributed by atoms with Gasteiger partial charge in [-0.05, 0) is 46.7 Å². The van der Waals surface area contributed by atoms with E-state index < -0.39 is 12.6 Å². The summed E-state index contributed by atoms with van der Waals surface area (Å²) in [5.41, 5.74) is 1.39. The average Bonchev–Trinajstić information content (AvgIpc) is 3.10. The van der Waals surface area contributed by atoms with Crippen LogP contribution in [0.15, 0.2) is 51.8 Å². The van der Waals surface area contributed by atoms with Gasteiger partial charge in [0.2, 0.25) is 5.90 Å². The number of cyclic esters (lactones) is 1. The first-order valence-electron chi connectivity index (χ1n) is 6.22. The Morgan fingerprint density at radius 2 is 2.18 bits per heavy atom. The van der Waals surface area contributed by atoms with Gasteiger partial charge < -0.3 is 9.47 Å². The Morgan fingerprint density at radius 3 is 2.91 bits per heavy atom. The largest absolute Gasteiger partial charge is 0.435 e. The van der Waals surface area contributed by atoms with Gasteiger partial charge in [0.1, 0.15) is 5.75 Å². The molecular weight excluding hydrogens is 312 g/mol. The fourth-order valence-corrected chi connectivity index (χ4v) is 2.47. The molecule has 0 aliphatic carbocycles. The van der Waals surface area contributed by atoms with Crippen LogP contribution in [0, 0.1) is 0 Å². The molecule has 3 rings (SSSR count). The van der Waals surface area contributed by atoms with Crippen LogP contribution < -0.4 is 4.74 Å². The maximum atomic E-state index is 12.2. The normalized spacial score (nSPS) is 16.0. The molecule has 1 aromatic heterocycles. The van der Waals surface area contributed by atoms with Gasteiger partial charge >= 0.3 is 12.6 Å². The van der Waals surface area contributed by atoms with E-state index in [1.807, 2.05) is 16.8 Å². The number of carbonyl (C=O) groups excluding carboxylic acids is 1. The standard InChI is InChI=1S/C15H9F2NO3S/c16-15(17)20-11-3-1-2-10(7-11)13-18-12(14(19)21-13)6-9-4-5-22-8-9/h1-8,15H. The van der Waals surface area contributed by atoms with Gasteiger partial charge in [0.05, 0.1) is 0 Å². The number of esters is 1. The molecule has 1 aromatic carbocycles. The molecule has 2 heterocycles. The summed E-state index contributed by atoms with van der Waals surface area (Å²) >= 11 is 1.50. The molecule has 2 aromatic rings. The molecule has 0 saturated carbocycles. The second-order valence-corrected chi connectivity index (χ2v) is 5.08. The van der Waals surface area contributed by atoms with Crippen molar-refractivity contribution in [2.24, 2.45) is 4.99 Å². The maximum absolute atomic E-state index is 12.2. The van der Waals surface area contributed by atoms with Crippen LogP contribution in [0.1, 0.15) is 11.1 Å². The summed E-state index contributed by atoms with van der Waals surface area (Å²) in [4.78, 5) is 15.9. The van der Waals surface area contributed by atoms with E-state index >= 15 is 0 Å². The van der Waals surface area contributed by atoms with Crippen LogP contribution in [0.2, 0.25) is 0 Å². The van der Waals surface area contributed by atoms with E-state index in [1.54, 1.807) is 12.1 Å². The molecule has 0 saturated heterocycles. The quantitative estimate of drug-likeness (QED) is 0.637. The maximum Gasteiger partial charge on any atom is 0.387 e. The lowest BCUT2D eigenvalue weighted by Gasteiger charge is -2.05. The first-order valence-corrected chi connectivity index (χ1v) is 7.16. The molecule has 0 N–H and O–H groups in total.